The number of hydrogen-bond acceptors (Lipinski definition) is 7. The number of imidazole rings is 1. The topological polar surface area (TPSA) is 72.2 Å². The first-order valence-corrected chi connectivity index (χ1v) is 17.0. The Bertz CT molecular complexity index is 1600. The standard InChI is InChI=1S/C36H48F3N5O3/c1-24-18-31(43-14-16-46-17-15-43)41-44-30(19-26-11-9-12-28(25(26)2)36(37,38)39)29(40-32(24)44)21-42-22-35(23-42)13-8-6-7-10-27(20-35)33(45)47-34(3,4)5/h9,11-12,18,27H,6-8,10,13-17,19-23H2,1-5H3. The van der Waals surface area contributed by atoms with Crippen molar-refractivity contribution >= 4 is 17.4 Å². The van der Waals surface area contributed by atoms with Gasteiger partial charge in [-0.3, -0.25) is 9.69 Å². The quantitative estimate of drug-likeness (QED) is 0.268. The van der Waals surface area contributed by atoms with Gasteiger partial charge < -0.3 is 14.4 Å². The SMILES string of the molecule is Cc1c(Cc2c(CN3CC4(CCCCCC(C(=O)OC(C)(C)C)C4)C3)nc3c(C)cc(N4CCOCC4)nn23)cccc1C(F)(F)F. The molecular weight excluding hydrogens is 607 g/mol. The number of hydrogen-bond donors (Lipinski definition) is 0. The number of aryl methyl sites for hydroxylation is 1. The van der Waals surface area contributed by atoms with Gasteiger partial charge in [-0.25, -0.2) is 9.50 Å². The summed E-state index contributed by atoms with van der Waals surface area (Å²) in [6, 6.07) is 6.45. The molecule has 3 fully saturated rings. The lowest BCUT2D eigenvalue weighted by atomic mass is 9.67. The summed E-state index contributed by atoms with van der Waals surface area (Å²) in [6.07, 6.45) is 1.92. The second kappa shape index (κ2) is 13.0. The predicted molar refractivity (Wildman–Crippen MR) is 174 cm³/mol. The number of esters is 1. The second-order valence-corrected chi connectivity index (χ2v) is 15.0. The van der Waals surface area contributed by atoms with Crippen LogP contribution >= 0.6 is 0 Å². The highest BCUT2D eigenvalue weighted by Crippen LogP contribution is 2.45. The molecule has 0 N–H and O–H groups in total. The van der Waals surface area contributed by atoms with E-state index < -0.39 is 17.3 Å². The molecule has 1 unspecified atom stereocenters. The number of fused-ring (bicyclic) bond motifs is 1. The minimum absolute atomic E-state index is 0.0522. The average molecular weight is 656 g/mol. The molecule has 0 radical (unpaired) electrons. The molecule has 1 saturated carbocycles. The summed E-state index contributed by atoms with van der Waals surface area (Å²) in [6.45, 7) is 14.3. The molecule has 1 atom stereocenters. The maximum atomic E-state index is 13.9. The molecule has 3 aliphatic rings. The Morgan fingerprint density at radius 3 is 2.53 bits per heavy atom. The summed E-state index contributed by atoms with van der Waals surface area (Å²) in [7, 11) is 0. The number of halogens is 3. The van der Waals surface area contributed by atoms with Crippen LogP contribution in [-0.2, 0) is 33.4 Å². The lowest BCUT2D eigenvalue weighted by Gasteiger charge is -2.52. The van der Waals surface area contributed by atoms with Gasteiger partial charge >= 0.3 is 12.1 Å². The van der Waals surface area contributed by atoms with Crippen LogP contribution in [0.5, 0.6) is 0 Å². The average Bonchev–Trinajstić information content (AvgIpc) is 3.30. The lowest BCUT2D eigenvalue weighted by Crippen LogP contribution is -2.57. The fraction of sp³-hybridized carbons (Fsp3) is 0.639. The maximum absolute atomic E-state index is 13.9. The van der Waals surface area contributed by atoms with E-state index in [1.54, 1.807) is 13.0 Å². The van der Waals surface area contributed by atoms with Crippen molar-refractivity contribution in [2.24, 2.45) is 11.3 Å². The van der Waals surface area contributed by atoms with Crippen molar-refractivity contribution in [1.82, 2.24) is 19.5 Å². The highest BCUT2D eigenvalue weighted by molar-refractivity contribution is 5.73. The van der Waals surface area contributed by atoms with E-state index >= 15 is 0 Å². The maximum Gasteiger partial charge on any atom is 0.416 e. The van der Waals surface area contributed by atoms with Gasteiger partial charge in [-0.05, 0) is 88.1 Å². The van der Waals surface area contributed by atoms with E-state index in [9.17, 15) is 18.0 Å². The van der Waals surface area contributed by atoms with Crippen LogP contribution in [0.2, 0.25) is 0 Å². The van der Waals surface area contributed by atoms with Gasteiger partial charge in [0.1, 0.15) is 11.4 Å². The number of aromatic nitrogens is 3. The number of morpholine rings is 1. The van der Waals surface area contributed by atoms with Crippen molar-refractivity contribution < 1.29 is 27.4 Å². The first-order valence-electron chi connectivity index (χ1n) is 17.0. The van der Waals surface area contributed by atoms with Gasteiger partial charge in [-0.2, -0.15) is 13.2 Å². The van der Waals surface area contributed by atoms with E-state index in [0.29, 0.717) is 25.3 Å². The van der Waals surface area contributed by atoms with Crippen molar-refractivity contribution in [3.63, 3.8) is 0 Å². The van der Waals surface area contributed by atoms with Gasteiger partial charge in [0.05, 0.1) is 36.1 Å². The largest absolute Gasteiger partial charge is 0.460 e. The van der Waals surface area contributed by atoms with Crippen LogP contribution in [0.1, 0.15) is 92.9 Å². The van der Waals surface area contributed by atoms with Crippen molar-refractivity contribution in [3.05, 3.63) is 57.9 Å². The predicted octanol–water partition coefficient (Wildman–Crippen LogP) is 6.91. The van der Waals surface area contributed by atoms with Crippen LogP contribution in [0.25, 0.3) is 5.65 Å². The summed E-state index contributed by atoms with van der Waals surface area (Å²) in [5.74, 6) is 0.626. The normalized spacial score (nSPS) is 21.0. The number of likely N-dealkylation sites (tertiary alicyclic amines) is 1. The Morgan fingerprint density at radius 2 is 1.83 bits per heavy atom. The van der Waals surface area contributed by atoms with E-state index in [4.69, 9.17) is 19.6 Å². The fourth-order valence-corrected chi connectivity index (χ4v) is 7.75. The third kappa shape index (κ3) is 7.46. The Hall–Kier alpha value is -3.18. The Morgan fingerprint density at radius 1 is 1.09 bits per heavy atom. The number of rotatable bonds is 6. The van der Waals surface area contributed by atoms with Gasteiger partial charge in [-0.15, -0.1) is 5.10 Å². The van der Waals surface area contributed by atoms with E-state index in [-0.39, 0.29) is 29.3 Å². The van der Waals surface area contributed by atoms with Crippen molar-refractivity contribution in [2.75, 3.05) is 44.3 Å². The molecule has 2 aliphatic heterocycles. The molecule has 1 aliphatic carbocycles. The van der Waals surface area contributed by atoms with Crippen LogP contribution in [0, 0.1) is 25.2 Å². The number of benzene rings is 1. The minimum Gasteiger partial charge on any atom is -0.460 e. The molecule has 11 heteroatoms. The lowest BCUT2D eigenvalue weighted by molar-refractivity contribution is -0.164. The molecule has 8 nitrogen and oxygen atoms in total. The van der Waals surface area contributed by atoms with Crippen molar-refractivity contribution in [1.29, 1.82) is 0 Å². The number of anilines is 1. The summed E-state index contributed by atoms with van der Waals surface area (Å²) in [5, 5.41) is 5.03. The smallest absolute Gasteiger partial charge is 0.416 e. The first-order chi connectivity index (χ1) is 22.2. The van der Waals surface area contributed by atoms with Crippen molar-refractivity contribution in [3.8, 4) is 0 Å². The molecule has 1 aromatic carbocycles. The molecule has 6 rings (SSSR count). The number of carbonyl (C=O) groups excluding carboxylic acids is 1. The molecule has 4 heterocycles. The Kier molecular flexibility index (Phi) is 9.34. The van der Waals surface area contributed by atoms with Crippen LogP contribution in [-0.4, -0.2) is 70.5 Å². The number of alkyl halides is 3. The summed E-state index contributed by atoms with van der Waals surface area (Å²) in [4.78, 5) is 22.8. The Balaban J connectivity index is 1.30. The van der Waals surface area contributed by atoms with Gasteiger partial charge in [0.15, 0.2) is 5.65 Å². The molecule has 1 spiro atoms. The zero-order valence-corrected chi connectivity index (χ0v) is 28.4. The molecule has 2 saturated heterocycles. The summed E-state index contributed by atoms with van der Waals surface area (Å²) < 4.78 is 54.9. The van der Waals surface area contributed by atoms with Gasteiger partial charge in [0, 0.05) is 39.1 Å². The minimum atomic E-state index is -4.43. The van der Waals surface area contributed by atoms with E-state index in [0.717, 1.165) is 99.2 Å². The molecule has 0 bridgehead atoms. The van der Waals surface area contributed by atoms with Crippen molar-refractivity contribution in [2.45, 2.75) is 97.9 Å². The highest BCUT2D eigenvalue weighted by atomic mass is 19.4. The molecule has 3 aromatic rings. The zero-order chi connectivity index (χ0) is 33.6. The highest BCUT2D eigenvalue weighted by Gasteiger charge is 2.46. The zero-order valence-electron chi connectivity index (χ0n) is 28.4. The molecule has 256 valence electrons. The van der Waals surface area contributed by atoms with E-state index in [1.165, 1.54) is 6.07 Å². The second-order valence-electron chi connectivity index (χ2n) is 15.0. The molecular formula is C36H48F3N5O3. The third-order valence-electron chi connectivity index (χ3n) is 10.0. The van der Waals surface area contributed by atoms with Crippen LogP contribution in [0.15, 0.2) is 24.3 Å². The third-order valence-corrected chi connectivity index (χ3v) is 10.0. The molecule has 2 aromatic heterocycles. The van der Waals surface area contributed by atoms with Crippen LogP contribution < -0.4 is 4.90 Å². The first kappa shape index (κ1) is 33.7. The summed E-state index contributed by atoms with van der Waals surface area (Å²) in [5.41, 5.74) is 3.11. The van der Waals surface area contributed by atoms with Crippen LogP contribution in [0.3, 0.4) is 0 Å². The molecule has 47 heavy (non-hydrogen) atoms. The number of nitrogens with zero attached hydrogens (tertiary/aromatic N) is 5. The van der Waals surface area contributed by atoms with Gasteiger partial charge in [0.2, 0.25) is 0 Å². The van der Waals surface area contributed by atoms with Crippen LogP contribution in [0.4, 0.5) is 19.0 Å². The monoisotopic (exact) mass is 655 g/mol. The van der Waals surface area contributed by atoms with Gasteiger partial charge in [0.25, 0.3) is 0 Å². The summed E-state index contributed by atoms with van der Waals surface area (Å²) >= 11 is 0. The number of carbonyl (C=O) groups is 1. The van der Waals surface area contributed by atoms with E-state index in [1.807, 2.05) is 38.3 Å². The van der Waals surface area contributed by atoms with Gasteiger partial charge in [-0.1, -0.05) is 31.4 Å². The Labute approximate surface area is 275 Å². The molecule has 0 amide bonds. The fourth-order valence-electron chi connectivity index (χ4n) is 7.75. The number of ether oxygens (including phenoxy) is 2. The van der Waals surface area contributed by atoms with E-state index in [2.05, 4.69) is 9.80 Å².